The van der Waals surface area contributed by atoms with Gasteiger partial charge in [-0.3, -0.25) is 14.9 Å². The van der Waals surface area contributed by atoms with Gasteiger partial charge in [-0.2, -0.15) is 0 Å². The van der Waals surface area contributed by atoms with E-state index < -0.39 is 4.92 Å². The lowest BCUT2D eigenvalue weighted by molar-refractivity contribution is -0.384. The van der Waals surface area contributed by atoms with Crippen LogP contribution in [0.15, 0.2) is 12.3 Å². The Morgan fingerprint density at radius 3 is 2.72 bits per heavy atom. The molecule has 1 amide bonds. The van der Waals surface area contributed by atoms with E-state index in [1.165, 1.54) is 12.3 Å². The maximum Gasteiger partial charge on any atom is 0.287 e. The number of amides is 1. The van der Waals surface area contributed by atoms with E-state index in [2.05, 4.69) is 10.3 Å². The van der Waals surface area contributed by atoms with E-state index in [0.29, 0.717) is 12.4 Å². The first-order chi connectivity index (χ1) is 8.65. The number of nitrogens with zero attached hydrogens (tertiary/aromatic N) is 1. The second-order valence-corrected chi connectivity index (χ2v) is 4.27. The minimum absolute atomic E-state index is 0.109. The maximum atomic E-state index is 11.6. The Balaban J connectivity index is 2.25. The first-order valence-corrected chi connectivity index (χ1v) is 6.35. The van der Waals surface area contributed by atoms with Gasteiger partial charge in [0.25, 0.3) is 11.6 Å². The van der Waals surface area contributed by atoms with Crippen LogP contribution in [0.2, 0.25) is 0 Å². The van der Waals surface area contributed by atoms with E-state index in [4.69, 9.17) is 11.6 Å². The number of aromatic amines is 1. The fourth-order valence-electron chi connectivity index (χ4n) is 1.49. The Morgan fingerprint density at radius 1 is 1.39 bits per heavy atom. The zero-order valence-corrected chi connectivity index (χ0v) is 10.7. The zero-order valence-electron chi connectivity index (χ0n) is 9.95. The van der Waals surface area contributed by atoms with E-state index >= 15 is 0 Å². The number of H-pyrrole nitrogens is 1. The van der Waals surface area contributed by atoms with Crippen LogP contribution in [-0.4, -0.2) is 28.2 Å². The summed E-state index contributed by atoms with van der Waals surface area (Å²) in [6.45, 7) is 0.563. The molecular weight excluding hydrogens is 258 g/mol. The molecule has 1 aromatic rings. The van der Waals surface area contributed by atoms with Crippen molar-refractivity contribution in [2.45, 2.75) is 25.7 Å². The van der Waals surface area contributed by atoms with Gasteiger partial charge in [-0.25, -0.2) is 0 Å². The van der Waals surface area contributed by atoms with Crippen LogP contribution in [0.1, 0.15) is 36.2 Å². The van der Waals surface area contributed by atoms with Gasteiger partial charge >= 0.3 is 0 Å². The van der Waals surface area contributed by atoms with Crippen LogP contribution in [0.25, 0.3) is 0 Å². The Morgan fingerprint density at radius 2 is 2.11 bits per heavy atom. The van der Waals surface area contributed by atoms with Crippen LogP contribution >= 0.6 is 11.6 Å². The van der Waals surface area contributed by atoms with Gasteiger partial charge < -0.3 is 10.3 Å². The molecular formula is C11H16ClN3O3. The Hall–Kier alpha value is -1.56. The molecule has 18 heavy (non-hydrogen) atoms. The van der Waals surface area contributed by atoms with Gasteiger partial charge in [0.05, 0.1) is 11.1 Å². The number of rotatable bonds is 8. The van der Waals surface area contributed by atoms with E-state index in [1.54, 1.807) is 0 Å². The predicted molar refractivity (Wildman–Crippen MR) is 69.0 cm³/mol. The van der Waals surface area contributed by atoms with Gasteiger partial charge in [0.15, 0.2) is 0 Å². The number of hydrogen-bond acceptors (Lipinski definition) is 3. The molecule has 0 saturated heterocycles. The van der Waals surface area contributed by atoms with Crippen molar-refractivity contribution in [1.29, 1.82) is 0 Å². The SMILES string of the molecule is O=C(NCCCCCCCl)c1cc([N+](=O)[O-])c[nH]1. The highest BCUT2D eigenvalue weighted by atomic mass is 35.5. The van der Waals surface area contributed by atoms with Crippen LogP contribution in [0.4, 0.5) is 5.69 Å². The normalized spacial score (nSPS) is 10.3. The van der Waals surface area contributed by atoms with Gasteiger partial charge in [-0.1, -0.05) is 12.8 Å². The summed E-state index contributed by atoms with van der Waals surface area (Å²) in [6.07, 6.45) is 5.13. The van der Waals surface area contributed by atoms with Crippen molar-refractivity contribution in [2.75, 3.05) is 12.4 Å². The average molecular weight is 274 g/mol. The van der Waals surface area contributed by atoms with Gasteiger partial charge in [-0.05, 0) is 12.8 Å². The average Bonchev–Trinajstić information content (AvgIpc) is 2.83. The largest absolute Gasteiger partial charge is 0.351 e. The van der Waals surface area contributed by atoms with Crippen LogP contribution in [0, 0.1) is 10.1 Å². The van der Waals surface area contributed by atoms with Crippen LogP contribution in [0.3, 0.4) is 0 Å². The van der Waals surface area contributed by atoms with Crippen molar-refractivity contribution in [3.05, 3.63) is 28.1 Å². The van der Waals surface area contributed by atoms with Crippen molar-refractivity contribution >= 4 is 23.2 Å². The van der Waals surface area contributed by atoms with Gasteiger partial charge in [-0.15, -0.1) is 11.6 Å². The third kappa shape index (κ3) is 4.75. The number of carbonyl (C=O) groups is 1. The molecule has 1 heterocycles. The molecule has 100 valence electrons. The van der Waals surface area contributed by atoms with Crippen LogP contribution < -0.4 is 5.32 Å². The van der Waals surface area contributed by atoms with Gasteiger partial charge in [0.1, 0.15) is 5.69 Å². The van der Waals surface area contributed by atoms with Crippen molar-refractivity contribution in [2.24, 2.45) is 0 Å². The highest BCUT2D eigenvalue weighted by molar-refractivity contribution is 6.17. The molecule has 1 rings (SSSR count). The third-order valence-corrected chi connectivity index (χ3v) is 2.74. The number of aromatic nitrogens is 1. The molecule has 0 aromatic carbocycles. The molecule has 6 nitrogen and oxygen atoms in total. The lowest BCUT2D eigenvalue weighted by Crippen LogP contribution is -2.24. The Bertz CT molecular complexity index is 406. The Kier molecular flexibility index (Phi) is 6.21. The summed E-state index contributed by atoms with van der Waals surface area (Å²) in [5, 5.41) is 13.1. The summed E-state index contributed by atoms with van der Waals surface area (Å²) >= 11 is 5.54. The fourth-order valence-corrected chi connectivity index (χ4v) is 1.68. The number of carbonyl (C=O) groups excluding carboxylic acids is 1. The molecule has 0 fully saturated rings. The van der Waals surface area contributed by atoms with Crippen molar-refractivity contribution in [1.82, 2.24) is 10.3 Å². The number of nitrogens with one attached hydrogen (secondary N) is 2. The monoisotopic (exact) mass is 273 g/mol. The molecule has 0 bridgehead atoms. The molecule has 0 saturated carbocycles. The third-order valence-electron chi connectivity index (χ3n) is 2.47. The molecule has 0 radical (unpaired) electrons. The predicted octanol–water partition coefficient (Wildman–Crippen LogP) is 2.45. The summed E-state index contributed by atoms with van der Waals surface area (Å²) in [6, 6.07) is 1.23. The van der Waals surface area contributed by atoms with E-state index in [0.717, 1.165) is 25.7 Å². The van der Waals surface area contributed by atoms with Gasteiger partial charge in [0.2, 0.25) is 0 Å². The molecule has 0 spiro atoms. The summed E-state index contributed by atoms with van der Waals surface area (Å²) in [5.41, 5.74) is 0.102. The van der Waals surface area contributed by atoms with Gasteiger partial charge in [0, 0.05) is 18.5 Å². The molecule has 0 aliphatic carbocycles. The van der Waals surface area contributed by atoms with Crippen LogP contribution in [0.5, 0.6) is 0 Å². The highest BCUT2D eigenvalue weighted by Gasteiger charge is 2.13. The number of unbranched alkanes of at least 4 members (excludes halogenated alkanes) is 3. The molecule has 0 atom stereocenters. The first kappa shape index (κ1) is 14.5. The summed E-state index contributed by atoms with van der Waals surface area (Å²) in [4.78, 5) is 24.1. The van der Waals surface area contributed by atoms with E-state index in [-0.39, 0.29) is 17.3 Å². The van der Waals surface area contributed by atoms with E-state index in [9.17, 15) is 14.9 Å². The molecule has 0 aliphatic rings. The standard InChI is InChI=1S/C11H16ClN3O3/c12-5-3-1-2-4-6-13-11(16)10-7-9(8-14-10)15(17)18/h7-8,14H,1-6H2,(H,13,16). The lowest BCUT2D eigenvalue weighted by atomic mass is 10.2. The molecule has 0 unspecified atom stereocenters. The zero-order chi connectivity index (χ0) is 13.4. The summed E-state index contributed by atoms with van der Waals surface area (Å²) in [7, 11) is 0. The number of hydrogen-bond donors (Lipinski definition) is 2. The van der Waals surface area contributed by atoms with Crippen molar-refractivity contribution in [3.63, 3.8) is 0 Å². The smallest absolute Gasteiger partial charge is 0.287 e. The van der Waals surface area contributed by atoms with Crippen molar-refractivity contribution in [3.8, 4) is 0 Å². The molecule has 2 N–H and O–H groups in total. The van der Waals surface area contributed by atoms with Crippen molar-refractivity contribution < 1.29 is 9.72 Å². The topological polar surface area (TPSA) is 88.0 Å². The second kappa shape index (κ2) is 7.71. The number of halogens is 1. The molecule has 7 heteroatoms. The quantitative estimate of drug-likeness (QED) is 0.330. The van der Waals surface area contributed by atoms with E-state index in [1.807, 2.05) is 0 Å². The fraction of sp³-hybridized carbons (Fsp3) is 0.545. The number of alkyl halides is 1. The minimum atomic E-state index is -0.542. The first-order valence-electron chi connectivity index (χ1n) is 5.82. The summed E-state index contributed by atoms with van der Waals surface area (Å²) < 4.78 is 0. The number of nitro groups is 1. The maximum absolute atomic E-state index is 11.6. The second-order valence-electron chi connectivity index (χ2n) is 3.89. The lowest BCUT2D eigenvalue weighted by Gasteiger charge is -2.02. The molecule has 1 aromatic heterocycles. The Labute approximate surface area is 110 Å². The van der Waals surface area contributed by atoms with Crippen LogP contribution in [-0.2, 0) is 0 Å². The minimum Gasteiger partial charge on any atom is -0.351 e. The highest BCUT2D eigenvalue weighted by Crippen LogP contribution is 2.11. The molecule has 0 aliphatic heterocycles. The summed E-state index contributed by atoms with van der Waals surface area (Å²) in [5.74, 6) is 0.346.